The predicted octanol–water partition coefficient (Wildman–Crippen LogP) is 3.42. The normalized spacial score (nSPS) is 14.5. The van der Waals surface area contributed by atoms with E-state index in [2.05, 4.69) is 18.8 Å². The van der Waals surface area contributed by atoms with E-state index < -0.39 is 0 Å². The first kappa shape index (κ1) is 9.38. The monoisotopic (exact) mass is 191 g/mol. The molecule has 74 valence electrons. The van der Waals surface area contributed by atoms with Crippen molar-refractivity contribution in [3.8, 4) is 0 Å². The largest absolute Gasteiger partial charge is 0.257 e. The zero-order chi connectivity index (χ0) is 10.3. The quantitative estimate of drug-likeness (QED) is 0.645. The third-order valence-corrected chi connectivity index (χ3v) is 2.70. The summed E-state index contributed by atoms with van der Waals surface area (Å²) in [6.07, 6.45) is 0.888. The topological polar surface area (TPSA) is 12.4 Å². The molecular weight excluding hydrogens is 177 g/mol. The molecule has 0 unspecified atom stereocenters. The van der Waals surface area contributed by atoms with Gasteiger partial charge in [-0.2, -0.15) is 0 Å². The van der Waals surface area contributed by atoms with Crippen molar-refractivity contribution < 1.29 is 4.39 Å². The molecule has 0 saturated carbocycles. The summed E-state index contributed by atoms with van der Waals surface area (Å²) in [5.41, 5.74) is 4.19. The van der Waals surface area contributed by atoms with Crippen molar-refractivity contribution in [2.24, 2.45) is 10.9 Å². The average Bonchev–Trinajstić information content (AvgIpc) is 2.47. The van der Waals surface area contributed by atoms with Crippen LogP contribution < -0.4 is 0 Å². The lowest BCUT2D eigenvalue weighted by molar-refractivity contribution is 0.626. The van der Waals surface area contributed by atoms with Crippen molar-refractivity contribution in [2.75, 3.05) is 0 Å². The molecule has 0 aromatic heterocycles. The summed E-state index contributed by atoms with van der Waals surface area (Å²) in [6, 6.07) is 3.11. The Morgan fingerprint density at radius 2 is 2.07 bits per heavy atom. The summed E-state index contributed by atoms with van der Waals surface area (Å²) < 4.78 is 13.1. The molecule has 0 aliphatic carbocycles. The maximum atomic E-state index is 13.1. The molecular formula is C12H14FN. The Balaban J connectivity index is 2.46. The Morgan fingerprint density at radius 1 is 1.36 bits per heavy atom. The molecule has 14 heavy (non-hydrogen) atoms. The Morgan fingerprint density at radius 3 is 2.71 bits per heavy atom. The third kappa shape index (κ3) is 1.45. The number of rotatable bonds is 1. The number of fused-ring (bicyclic) bond motifs is 1. The van der Waals surface area contributed by atoms with Crippen molar-refractivity contribution >= 4 is 11.4 Å². The third-order valence-electron chi connectivity index (χ3n) is 2.70. The maximum Gasteiger partial charge on any atom is 0.125 e. The van der Waals surface area contributed by atoms with Gasteiger partial charge in [0.1, 0.15) is 5.82 Å². The Labute approximate surface area is 83.7 Å². The van der Waals surface area contributed by atoms with Crippen LogP contribution in [0.15, 0.2) is 17.1 Å². The van der Waals surface area contributed by atoms with E-state index in [9.17, 15) is 4.39 Å². The molecule has 0 atom stereocenters. The molecule has 0 fully saturated rings. The van der Waals surface area contributed by atoms with Crippen LogP contribution in [-0.2, 0) is 6.42 Å². The van der Waals surface area contributed by atoms with Crippen LogP contribution >= 0.6 is 0 Å². The van der Waals surface area contributed by atoms with Gasteiger partial charge >= 0.3 is 0 Å². The van der Waals surface area contributed by atoms with Crippen molar-refractivity contribution in [3.63, 3.8) is 0 Å². The van der Waals surface area contributed by atoms with E-state index >= 15 is 0 Å². The highest BCUT2D eigenvalue weighted by Gasteiger charge is 2.19. The highest BCUT2D eigenvalue weighted by molar-refractivity contribution is 5.95. The van der Waals surface area contributed by atoms with Crippen LogP contribution in [0.25, 0.3) is 0 Å². The highest BCUT2D eigenvalue weighted by atomic mass is 19.1. The lowest BCUT2D eigenvalue weighted by Gasteiger charge is -2.04. The van der Waals surface area contributed by atoms with Crippen LogP contribution in [0.2, 0.25) is 0 Å². The van der Waals surface area contributed by atoms with E-state index in [1.165, 1.54) is 11.6 Å². The van der Waals surface area contributed by atoms with Crippen LogP contribution in [0.3, 0.4) is 0 Å². The highest BCUT2D eigenvalue weighted by Crippen LogP contribution is 2.32. The van der Waals surface area contributed by atoms with Gasteiger partial charge in [-0.3, -0.25) is 4.99 Å². The van der Waals surface area contributed by atoms with E-state index in [1.807, 2.05) is 6.92 Å². The molecule has 1 nitrogen and oxygen atoms in total. The van der Waals surface area contributed by atoms with Gasteiger partial charge in [0.05, 0.1) is 5.69 Å². The molecule has 0 saturated heterocycles. The van der Waals surface area contributed by atoms with Crippen molar-refractivity contribution in [1.82, 2.24) is 0 Å². The Bertz CT molecular complexity index is 405. The van der Waals surface area contributed by atoms with Gasteiger partial charge in [0.15, 0.2) is 0 Å². The van der Waals surface area contributed by atoms with Gasteiger partial charge in [-0.1, -0.05) is 13.8 Å². The van der Waals surface area contributed by atoms with E-state index in [4.69, 9.17) is 0 Å². The standard InChI is InChI=1S/C12H14FN/c1-7(2)11-6-10-8(3)4-9(13)5-12(10)14-11/h4-5,7H,6H2,1-3H3. The molecule has 2 heteroatoms. The van der Waals surface area contributed by atoms with Gasteiger partial charge in [0.2, 0.25) is 0 Å². The zero-order valence-corrected chi connectivity index (χ0v) is 8.76. The van der Waals surface area contributed by atoms with Gasteiger partial charge in [0.25, 0.3) is 0 Å². The maximum absolute atomic E-state index is 13.1. The Hall–Kier alpha value is -1.18. The fourth-order valence-corrected chi connectivity index (χ4v) is 1.79. The second kappa shape index (κ2) is 3.19. The first-order chi connectivity index (χ1) is 6.58. The minimum absolute atomic E-state index is 0.185. The first-order valence-corrected chi connectivity index (χ1v) is 4.94. The number of hydrogen-bond acceptors (Lipinski definition) is 1. The smallest absolute Gasteiger partial charge is 0.125 e. The molecule has 0 bridgehead atoms. The molecule has 2 rings (SSSR count). The van der Waals surface area contributed by atoms with Gasteiger partial charge in [-0.25, -0.2) is 4.39 Å². The minimum atomic E-state index is -0.185. The summed E-state index contributed by atoms with van der Waals surface area (Å²) in [6.45, 7) is 6.19. The minimum Gasteiger partial charge on any atom is -0.257 e. The number of nitrogens with zero attached hydrogens (tertiary/aromatic N) is 1. The first-order valence-electron chi connectivity index (χ1n) is 4.94. The number of benzene rings is 1. The second-order valence-electron chi connectivity index (χ2n) is 4.15. The molecule has 1 aliphatic rings. The molecule has 1 aliphatic heterocycles. The van der Waals surface area contributed by atoms with Crippen LogP contribution in [0.4, 0.5) is 10.1 Å². The van der Waals surface area contributed by atoms with E-state index in [1.54, 1.807) is 6.07 Å². The van der Waals surface area contributed by atoms with Crippen molar-refractivity contribution in [1.29, 1.82) is 0 Å². The van der Waals surface area contributed by atoms with Crippen LogP contribution in [0.1, 0.15) is 25.0 Å². The summed E-state index contributed by atoms with van der Waals surface area (Å²) in [5, 5.41) is 0. The van der Waals surface area contributed by atoms with Gasteiger partial charge in [0, 0.05) is 12.1 Å². The Kier molecular flexibility index (Phi) is 2.14. The second-order valence-corrected chi connectivity index (χ2v) is 4.15. The molecule has 1 aromatic carbocycles. The average molecular weight is 191 g/mol. The van der Waals surface area contributed by atoms with E-state index in [0.29, 0.717) is 5.92 Å². The van der Waals surface area contributed by atoms with E-state index in [-0.39, 0.29) is 5.82 Å². The van der Waals surface area contributed by atoms with Gasteiger partial charge in [-0.15, -0.1) is 0 Å². The molecule has 1 heterocycles. The molecule has 0 spiro atoms. The van der Waals surface area contributed by atoms with E-state index in [0.717, 1.165) is 23.4 Å². The molecule has 0 N–H and O–H groups in total. The summed E-state index contributed by atoms with van der Waals surface area (Å²) in [7, 11) is 0. The number of hydrogen-bond donors (Lipinski definition) is 0. The molecule has 0 radical (unpaired) electrons. The molecule has 1 aromatic rings. The van der Waals surface area contributed by atoms with Crippen LogP contribution in [-0.4, -0.2) is 5.71 Å². The lowest BCUT2D eigenvalue weighted by atomic mass is 9.99. The molecule has 0 amide bonds. The van der Waals surface area contributed by atoms with Gasteiger partial charge in [-0.05, 0) is 36.1 Å². The lowest BCUT2D eigenvalue weighted by Crippen LogP contribution is -2.06. The number of aryl methyl sites for hydroxylation is 1. The fourth-order valence-electron chi connectivity index (χ4n) is 1.79. The summed E-state index contributed by atoms with van der Waals surface area (Å²) in [5.74, 6) is 0.264. The van der Waals surface area contributed by atoms with Crippen LogP contribution in [0, 0.1) is 18.7 Å². The summed E-state index contributed by atoms with van der Waals surface area (Å²) in [4.78, 5) is 4.45. The van der Waals surface area contributed by atoms with Crippen molar-refractivity contribution in [3.05, 3.63) is 29.1 Å². The zero-order valence-electron chi connectivity index (χ0n) is 8.76. The van der Waals surface area contributed by atoms with Gasteiger partial charge < -0.3 is 0 Å². The number of aliphatic imine (C=N–C) groups is 1. The van der Waals surface area contributed by atoms with Crippen molar-refractivity contribution in [2.45, 2.75) is 27.2 Å². The fraction of sp³-hybridized carbons (Fsp3) is 0.417. The number of halogens is 1. The summed E-state index contributed by atoms with van der Waals surface area (Å²) >= 11 is 0. The SMILES string of the molecule is Cc1cc(F)cc2c1CC(C(C)C)=N2. The predicted molar refractivity (Wildman–Crippen MR) is 56.8 cm³/mol. The van der Waals surface area contributed by atoms with Crippen LogP contribution in [0.5, 0.6) is 0 Å².